The normalized spacial score (nSPS) is 21.8. The topological polar surface area (TPSA) is 46.6 Å². The van der Waals surface area contributed by atoms with Crippen molar-refractivity contribution in [2.24, 2.45) is 11.8 Å². The van der Waals surface area contributed by atoms with E-state index in [4.69, 9.17) is 4.74 Å². The van der Waals surface area contributed by atoms with Gasteiger partial charge in [-0.15, -0.1) is 0 Å². The van der Waals surface area contributed by atoms with Crippen molar-refractivity contribution in [3.8, 4) is 0 Å². The molecule has 3 unspecified atom stereocenters. The molecule has 24 heavy (non-hydrogen) atoms. The third-order valence-corrected chi connectivity index (χ3v) is 4.87. The van der Waals surface area contributed by atoms with Gasteiger partial charge in [0.2, 0.25) is 0 Å². The third-order valence-electron chi connectivity index (χ3n) is 4.87. The van der Waals surface area contributed by atoms with Gasteiger partial charge in [0, 0.05) is 18.2 Å². The van der Waals surface area contributed by atoms with Gasteiger partial charge in [0.1, 0.15) is 5.82 Å². The first-order valence-electron chi connectivity index (χ1n) is 8.58. The van der Waals surface area contributed by atoms with E-state index in [0.717, 1.165) is 25.7 Å². The van der Waals surface area contributed by atoms with Crippen molar-refractivity contribution >= 4 is 11.9 Å². The quantitative estimate of drug-likeness (QED) is 0.772. The van der Waals surface area contributed by atoms with Gasteiger partial charge in [-0.05, 0) is 37.0 Å². The smallest absolute Gasteiger partial charge is 0.310 e. The second-order valence-electron chi connectivity index (χ2n) is 6.72. The van der Waals surface area contributed by atoms with Crippen molar-refractivity contribution in [1.29, 1.82) is 0 Å². The maximum Gasteiger partial charge on any atom is 0.310 e. The van der Waals surface area contributed by atoms with Gasteiger partial charge in [-0.3, -0.25) is 9.59 Å². The maximum absolute atomic E-state index is 13.5. The van der Waals surface area contributed by atoms with Crippen LogP contribution in [0.15, 0.2) is 24.3 Å². The molecule has 1 fully saturated rings. The molecule has 0 heterocycles. The molecular weight excluding hydrogens is 309 g/mol. The predicted molar refractivity (Wildman–Crippen MR) is 90.0 cm³/mol. The number of ether oxygens (including phenoxy) is 1. The van der Waals surface area contributed by atoms with Gasteiger partial charge in [-0.2, -0.15) is 0 Å². The molecule has 2 rings (SSSR count). The summed E-state index contributed by atoms with van der Waals surface area (Å²) in [6.45, 7) is 4.18. The number of nitrogens with zero attached hydrogens (tertiary/aromatic N) is 1. The molecule has 0 radical (unpaired) electrons. The van der Waals surface area contributed by atoms with Crippen LogP contribution in [0.2, 0.25) is 0 Å². The van der Waals surface area contributed by atoms with Gasteiger partial charge in [0.05, 0.1) is 13.0 Å². The zero-order valence-corrected chi connectivity index (χ0v) is 14.6. The van der Waals surface area contributed by atoms with Crippen molar-refractivity contribution in [2.75, 3.05) is 13.7 Å². The van der Waals surface area contributed by atoms with Crippen molar-refractivity contribution in [1.82, 2.24) is 4.90 Å². The first-order chi connectivity index (χ1) is 11.4. The average Bonchev–Trinajstić information content (AvgIpc) is 2.59. The molecule has 132 valence electrons. The van der Waals surface area contributed by atoms with E-state index in [2.05, 4.69) is 6.92 Å². The lowest BCUT2D eigenvalue weighted by Crippen LogP contribution is -2.48. The number of benzene rings is 1. The van der Waals surface area contributed by atoms with Crippen molar-refractivity contribution < 1.29 is 18.7 Å². The Bertz CT molecular complexity index is 590. The summed E-state index contributed by atoms with van der Waals surface area (Å²) >= 11 is 0. The molecule has 4 nitrogen and oxygen atoms in total. The van der Waals surface area contributed by atoms with E-state index >= 15 is 0 Å². The number of methoxy groups -OCH3 is 1. The summed E-state index contributed by atoms with van der Waals surface area (Å²) in [6.07, 6.45) is 4.20. The van der Waals surface area contributed by atoms with Crippen molar-refractivity contribution in [2.45, 2.75) is 45.6 Å². The molecule has 0 saturated heterocycles. The van der Waals surface area contributed by atoms with E-state index in [1.807, 2.05) is 0 Å². The lowest BCUT2D eigenvalue weighted by Gasteiger charge is -2.39. The Morgan fingerprint density at radius 2 is 2.04 bits per heavy atom. The van der Waals surface area contributed by atoms with Crippen LogP contribution in [0.3, 0.4) is 0 Å². The molecule has 0 N–H and O–H groups in total. The van der Waals surface area contributed by atoms with Crippen LogP contribution in [0, 0.1) is 17.7 Å². The van der Waals surface area contributed by atoms with E-state index in [1.165, 1.54) is 25.3 Å². The molecule has 1 saturated carbocycles. The Kier molecular flexibility index (Phi) is 6.35. The third kappa shape index (κ3) is 4.34. The molecule has 0 aromatic heterocycles. The number of carbonyl (C=O) groups is 2. The maximum atomic E-state index is 13.5. The second kappa shape index (κ2) is 8.27. The fraction of sp³-hybridized carbons (Fsp3) is 0.579. The van der Waals surface area contributed by atoms with E-state index in [9.17, 15) is 14.0 Å². The highest BCUT2D eigenvalue weighted by molar-refractivity contribution is 5.94. The lowest BCUT2D eigenvalue weighted by atomic mass is 9.84. The Morgan fingerprint density at radius 3 is 2.67 bits per heavy atom. The average molecular weight is 335 g/mol. The fourth-order valence-corrected chi connectivity index (χ4v) is 3.49. The summed E-state index contributed by atoms with van der Waals surface area (Å²) in [4.78, 5) is 26.6. The van der Waals surface area contributed by atoms with Gasteiger partial charge in [0.15, 0.2) is 0 Å². The number of esters is 1. The number of rotatable bonds is 5. The number of carbonyl (C=O) groups excluding carboxylic acids is 2. The van der Waals surface area contributed by atoms with Crippen LogP contribution in [0.1, 0.15) is 49.9 Å². The van der Waals surface area contributed by atoms with E-state index < -0.39 is 11.7 Å². The summed E-state index contributed by atoms with van der Waals surface area (Å²) < 4.78 is 18.3. The largest absolute Gasteiger partial charge is 0.469 e. The standard InChI is InChI=1S/C19H26FNO3/c1-13-7-4-5-10-17(13)21(12-14(2)19(23)24-3)18(22)15-8-6-9-16(20)11-15/h6,8-9,11,13-14,17H,4-5,7,10,12H2,1-3H3. The van der Waals surface area contributed by atoms with Gasteiger partial charge in [-0.1, -0.05) is 32.8 Å². The second-order valence-corrected chi connectivity index (χ2v) is 6.72. The summed E-state index contributed by atoms with van der Waals surface area (Å²) in [5, 5.41) is 0. The molecule has 1 aromatic rings. The molecule has 5 heteroatoms. The van der Waals surface area contributed by atoms with E-state index in [1.54, 1.807) is 17.9 Å². The Balaban J connectivity index is 2.27. The van der Waals surface area contributed by atoms with Crippen LogP contribution in [-0.4, -0.2) is 36.5 Å². The van der Waals surface area contributed by atoms with E-state index in [-0.39, 0.29) is 24.5 Å². The van der Waals surface area contributed by atoms with Gasteiger partial charge in [0.25, 0.3) is 5.91 Å². The summed E-state index contributed by atoms with van der Waals surface area (Å²) in [7, 11) is 1.35. The van der Waals surface area contributed by atoms with Crippen LogP contribution in [0.25, 0.3) is 0 Å². The fourth-order valence-electron chi connectivity index (χ4n) is 3.49. The molecule has 1 aliphatic carbocycles. The number of hydrogen-bond acceptors (Lipinski definition) is 3. The molecule has 0 spiro atoms. The molecule has 3 atom stereocenters. The van der Waals surface area contributed by atoms with Crippen LogP contribution in [0.4, 0.5) is 4.39 Å². The summed E-state index contributed by atoms with van der Waals surface area (Å²) in [6, 6.07) is 5.80. The first-order valence-corrected chi connectivity index (χ1v) is 8.58. The zero-order chi connectivity index (χ0) is 17.7. The van der Waals surface area contributed by atoms with Gasteiger partial charge < -0.3 is 9.64 Å². The minimum absolute atomic E-state index is 0.0709. The number of halogens is 1. The van der Waals surface area contributed by atoms with Crippen molar-refractivity contribution in [3.05, 3.63) is 35.6 Å². The summed E-state index contributed by atoms with van der Waals surface area (Å²) in [5.41, 5.74) is 0.324. The highest BCUT2D eigenvalue weighted by atomic mass is 19.1. The zero-order valence-electron chi connectivity index (χ0n) is 14.6. The van der Waals surface area contributed by atoms with Gasteiger partial charge >= 0.3 is 5.97 Å². The van der Waals surface area contributed by atoms with E-state index in [0.29, 0.717) is 11.5 Å². The Hall–Kier alpha value is -1.91. The Labute approximate surface area is 143 Å². The van der Waals surface area contributed by atoms with Crippen LogP contribution < -0.4 is 0 Å². The van der Waals surface area contributed by atoms with Crippen molar-refractivity contribution in [3.63, 3.8) is 0 Å². The molecule has 0 aliphatic heterocycles. The molecule has 1 amide bonds. The van der Waals surface area contributed by atoms with Gasteiger partial charge in [-0.25, -0.2) is 4.39 Å². The van der Waals surface area contributed by atoms with Crippen LogP contribution >= 0.6 is 0 Å². The molecular formula is C19H26FNO3. The minimum atomic E-state index is -0.432. The molecule has 1 aromatic carbocycles. The SMILES string of the molecule is COC(=O)C(C)CN(C(=O)c1cccc(F)c1)C1CCCCC1C. The monoisotopic (exact) mass is 335 g/mol. The minimum Gasteiger partial charge on any atom is -0.469 e. The molecule has 1 aliphatic rings. The first kappa shape index (κ1) is 18.4. The molecule has 0 bridgehead atoms. The number of hydrogen-bond donors (Lipinski definition) is 0. The van der Waals surface area contributed by atoms with Crippen LogP contribution in [-0.2, 0) is 9.53 Å². The lowest BCUT2D eigenvalue weighted by molar-refractivity contribution is -0.145. The summed E-state index contributed by atoms with van der Waals surface area (Å²) in [5.74, 6) is -1.04. The van der Waals surface area contributed by atoms with Crippen LogP contribution in [0.5, 0.6) is 0 Å². The highest BCUT2D eigenvalue weighted by Crippen LogP contribution is 2.30. The highest BCUT2D eigenvalue weighted by Gasteiger charge is 2.33. The number of amides is 1. The Morgan fingerprint density at radius 1 is 1.33 bits per heavy atom. The predicted octanol–water partition coefficient (Wildman–Crippen LogP) is 3.66.